The summed E-state index contributed by atoms with van der Waals surface area (Å²) in [7, 11) is 0. The lowest BCUT2D eigenvalue weighted by Crippen LogP contribution is -2.45. The number of aliphatic hydroxyl groups excluding tert-OH is 1. The zero-order valence-corrected chi connectivity index (χ0v) is 13.8. The fourth-order valence-corrected chi connectivity index (χ4v) is 3.33. The second kappa shape index (κ2) is 7.90. The molecular formula is C16H27N5O2. The van der Waals surface area contributed by atoms with Crippen LogP contribution in [0.25, 0.3) is 0 Å². The fourth-order valence-electron chi connectivity index (χ4n) is 3.33. The van der Waals surface area contributed by atoms with E-state index in [0.717, 1.165) is 63.9 Å². The molecule has 0 aromatic carbocycles. The predicted octanol–water partition coefficient (Wildman–Crippen LogP) is 0.570. The summed E-state index contributed by atoms with van der Waals surface area (Å²) < 4.78 is 5.40. The van der Waals surface area contributed by atoms with Gasteiger partial charge in [-0.3, -0.25) is 4.90 Å². The Hall–Kier alpha value is -1.44. The van der Waals surface area contributed by atoms with Gasteiger partial charge in [0.2, 0.25) is 0 Å². The van der Waals surface area contributed by atoms with Gasteiger partial charge in [-0.15, -0.1) is 0 Å². The molecule has 1 aromatic heterocycles. The summed E-state index contributed by atoms with van der Waals surface area (Å²) in [6.45, 7) is 7.82. The van der Waals surface area contributed by atoms with E-state index in [1.807, 2.05) is 6.07 Å². The summed E-state index contributed by atoms with van der Waals surface area (Å²) in [5.74, 6) is 1.75. The van der Waals surface area contributed by atoms with E-state index in [2.05, 4.69) is 32.0 Å². The lowest BCUT2D eigenvalue weighted by Gasteiger charge is -2.32. The van der Waals surface area contributed by atoms with Crippen LogP contribution in [0, 0.1) is 0 Å². The van der Waals surface area contributed by atoms with Crippen LogP contribution in [-0.4, -0.2) is 78.1 Å². The smallest absolute Gasteiger partial charge is 0.134 e. The largest absolute Gasteiger partial charge is 0.394 e. The number of nitrogens with one attached hydrogen (secondary N) is 1. The first-order valence-electron chi connectivity index (χ1n) is 8.53. The van der Waals surface area contributed by atoms with Crippen molar-refractivity contribution in [3.63, 3.8) is 0 Å². The Kier molecular flexibility index (Phi) is 5.64. The molecule has 0 radical (unpaired) electrons. The molecule has 2 atom stereocenters. The van der Waals surface area contributed by atoms with Gasteiger partial charge in [0, 0.05) is 38.3 Å². The number of hydrogen-bond donors (Lipinski definition) is 2. The second-order valence-electron chi connectivity index (χ2n) is 6.31. The van der Waals surface area contributed by atoms with E-state index in [9.17, 15) is 5.11 Å². The number of aromatic nitrogens is 2. The van der Waals surface area contributed by atoms with Crippen molar-refractivity contribution >= 4 is 11.6 Å². The van der Waals surface area contributed by atoms with Crippen molar-refractivity contribution < 1.29 is 9.84 Å². The molecule has 0 unspecified atom stereocenters. The standard InChI is InChI=1S/C16H27N5O2/c1-13(20-5-7-23-8-6-20)10-17-15-9-16(19-12-18-15)21-4-2-3-14(21)11-22/h9,12-14,22H,2-8,10-11H2,1H3,(H,17,18,19)/t13-,14-/m0/s1. The average Bonchev–Trinajstić information content (AvgIpc) is 3.09. The van der Waals surface area contributed by atoms with Crippen molar-refractivity contribution in [3.8, 4) is 0 Å². The van der Waals surface area contributed by atoms with Crippen LogP contribution >= 0.6 is 0 Å². The van der Waals surface area contributed by atoms with Gasteiger partial charge < -0.3 is 20.1 Å². The molecule has 2 aliphatic heterocycles. The van der Waals surface area contributed by atoms with E-state index in [1.54, 1.807) is 6.33 Å². The van der Waals surface area contributed by atoms with Crippen LogP contribution in [0.1, 0.15) is 19.8 Å². The molecule has 3 heterocycles. The first kappa shape index (κ1) is 16.4. The molecule has 1 aromatic rings. The maximum atomic E-state index is 9.47. The Morgan fingerprint density at radius 1 is 1.35 bits per heavy atom. The van der Waals surface area contributed by atoms with Gasteiger partial charge in [-0.1, -0.05) is 0 Å². The van der Waals surface area contributed by atoms with Crippen molar-refractivity contribution in [1.82, 2.24) is 14.9 Å². The topological polar surface area (TPSA) is 73.8 Å². The first-order valence-corrected chi connectivity index (χ1v) is 8.53. The molecule has 0 bridgehead atoms. The summed E-state index contributed by atoms with van der Waals surface area (Å²) in [4.78, 5) is 13.3. The summed E-state index contributed by atoms with van der Waals surface area (Å²) in [6.07, 6.45) is 3.73. The Bertz CT molecular complexity index is 495. The molecule has 0 aliphatic carbocycles. The predicted molar refractivity (Wildman–Crippen MR) is 89.8 cm³/mol. The molecule has 23 heavy (non-hydrogen) atoms. The fraction of sp³-hybridized carbons (Fsp3) is 0.750. The normalized spacial score (nSPS) is 23.9. The Labute approximate surface area is 137 Å². The molecule has 0 amide bonds. The van der Waals surface area contributed by atoms with E-state index in [4.69, 9.17) is 4.74 Å². The van der Waals surface area contributed by atoms with Gasteiger partial charge >= 0.3 is 0 Å². The summed E-state index contributed by atoms with van der Waals surface area (Å²) >= 11 is 0. The van der Waals surface area contributed by atoms with Crippen LogP contribution in [0.3, 0.4) is 0 Å². The van der Waals surface area contributed by atoms with E-state index >= 15 is 0 Å². The van der Waals surface area contributed by atoms with Crippen LogP contribution in [0.5, 0.6) is 0 Å². The number of aliphatic hydroxyl groups is 1. The molecule has 2 saturated heterocycles. The highest BCUT2D eigenvalue weighted by atomic mass is 16.5. The summed E-state index contributed by atoms with van der Waals surface area (Å²) in [5.41, 5.74) is 0. The third-order valence-corrected chi connectivity index (χ3v) is 4.78. The third kappa shape index (κ3) is 4.10. The van der Waals surface area contributed by atoms with Crippen molar-refractivity contribution in [2.24, 2.45) is 0 Å². The minimum absolute atomic E-state index is 0.181. The summed E-state index contributed by atoms with van der Waals surface area (Å²) in [5, 5.41) is 12.9. The third-order valence-electron chi connectivity index (χ3n) is 4.78. The van der Waals surface area contributed by atoms with Crippen molar-refractivity contribution in [2.45, 2.75) is 31.8 Å². The molecule has 7 nitrogen and oxygen atoms in total. The van der Waals surface area contributed by atoms with E-state index in [0.29, 0.717) is 6.04 Å². The van der Waals surface area contributed by atoms with E-state index in [-0.39, 0.29) is 12.6 Å². The van der Waals surface area contributed by atoms with E-state index < -0.39 is 0 Å². The van der Waals surface area contributed by atoms with Gasteiger partial charge in [0.25, 0.3) is 0 Å². The molecule has 2 aliphatic rings. The number of morpholine rings is 1. The number of nitrogens with zero attached hydrogens (tertiary/aromatic N) is 4. The Morgan fingerprint density at radius 2 is 2.17 bits per heavy atom. The maximum absolute atomic E-state index is 9.47. The van der Waals surface area contributed by atoms with Crippen molar-refractivity contribution in [1.29, 1.82) is 0 Å². The number of ether oxygens (including phenoxy) is 1. The lowest BCUT2D eigenvalue weighted by atomic mass is 10.2. The maximum Gasteiger partial charge on any atom is 0.134 e. The monoisotopic (exact) mass is 321 g/mol. The van der Waals surface area contributed by atoms with Gasteiger partial charge in [0.15, 0.2) is 0 Å². The Morgan fingerprint density at radius 3 is 2.96 bits per heavy atom. The first-order chi connectivity index (χ1) is 11.3. The molecule has 3 rings (SSSR count). The van der Waals surface area contributed by atoms with Gasteiger partial charge in [-0.05, 0) is 19.8 Å². The van der Waals surface area contributed by atoms with Gasteiger partial charge in [-0.25, -0.2) is 9.97 Å². The molecule has 7 heteroatoms. The van der Waals surface area contributed by atoms with Gasteiger partial charge in [0.05, 0.1) is 25.9 Å². The number of hydrogen-bond acceptors (Lipinski definition) is 7. The van der Waals surface area contributed by atoms with E-state index in [1.165, 1.54) is 0 Å². The van der Waals surface area contributed by atoms with Gasteiger partial charge in [0.1, 0.15) is 18.0 Å². The van der Waals surface area contributed by atoms with Crippen molar-refractivity contribution in [2.75, 3.05) is 56.2 Å². The van der Waals surface area contributed by atoms with Crippen LogP contribution in [0.4, 0.5) is 11.6 Å². The minimum atomic E-state index is 0.181. The lowest BCUT2D eigenvalue weighted by molar-refractivity contribution is 0.0227. The second-order valence-corrected chi connectivity index (χ2v) is 6.31. The highest BCUT2D eigenvalue weighted by Crippen LogP contribution is 2.24. The molecular weight excluding hydrogens is 294 g/mol. The quantitative estimate of drug-likeness (QED) is 0.793. The van der Waals surface area contributed by atoms with Gasteiger partial charge in [-0.2, -0.15) is 0 Å². The molecule has 2 fully saturated rings. The molecule has 2 N–H and O–H groups in total. The SMILES string of the molecule is C[C@@H](CNc1cc(N2CCC[C@H]2CO)ncn1)N1CCOCC1. The number of rotatable bonds is 6. The summed E-state index contributed by atoms with van der Waals surface area (Å²) in [6, 6.07) is 2.61. The zero-order valence-electron chi connectivity index (χ0n) is 13.8. The average molecular weight is 321 g/mol. The van der Waals surface area contributed by atoms with Crippen LogP contribution in [-0.2, 0) is 4.74 Å². The van der Waals surface area contributed by atoms with Crippen LogP contribution < -0.4 is 10.2 Å². The molecule has 0 spiro atoms. The number of anilines is 2. The highest BCUT2D eigenvalue weighted by Gasteiger charge is 2.25. The van der Waals surface area contributed by atoms with Crippen molar-refractivity contribution in [3.05, 3.63) is 12.4 Å². The van der Waals surface area contributed by atoms with Crippen LogP contribution in [0.2, 0.25) is 0 Å². The Balaban J connectivity index is 1.57. The molecule has 0 saturated carbocycles. The minimum Gasteiger partial charge on any atom is -0.394 e. The molecule has 128 valence electrons. The highest BCUT2D eigenvalue weighted by molar-refractivity contribution is 5.49. The van der Waals surface area contributed by atoms with Crippen LogP contribution in [0.15, 0.2) is 12.4 Å². The zero-order chi connectivity index (χ0) is 16.1.